The third-order valence-electron chi connectivity index (χ3n) is 6.73. The van der Waals surface area contributed by atoms with Gasteiger partial charge in [-0.25, -0.2) is 0 Å². The van der Waals surface area contributed by atoms with Crippen LogP contribution >= 0.6 is 0 Å². The average Bonchev–Trinajstić information content (AvgIpc) is 3.16. The van der Waals surface area contributed by atoms with Crippen LogP contribution in [0.2, 0.25) is 0 Å². The third-order valence-corrected chi connectivity index (χ3v) is 6.73. The molecule has 2 aliphatic heterocycles. The van der Waals surface area contributed by atoms with Gasteiger partial charge in [0.25, 0.3) is 0 Å². The summed E-state index contributed by atoms with van der Waals surface area (Å²) in [5.41, 5.74) is 0.908. The van der Waals surface area contributed by atoms with E-state index < -0.39 is 11.7 Å². The number of hydrogen-bond acceptors (Lipinski definition) is 3. The van der Waals surface area contributed by atoms with Gasteiger partial charge in [-0.2, -0.15) is 13.2 Å². The Hall–Kier alpha value is -1.60. The molecule has 0 bridgehead atoms. The van der Waals surface area contributed by atoms with Gasteiger partial charge in [0.1, 0.15) is 0 Å². The molecule has 1 saturated carbocycles. The van der Waals surface area contributed by atoms with Crippen molar-refractivity contribution in [2.45, 2.75) is 63.8 Å². The van der Waals surface area contributed by atoms with E-state index in [1.807, 2.05) is 0 Å². The van der Waals surface area contributed by atoms with Crippen LogP contribution in [0.15, 0.2) is 18.2 Å². The van der Waals surface area contributed by atoms with Crippen LogP contribution in [-0.2, 0) is 28.7 Å². The zero-order valence-corrected chi connectivity index (χ0v) is 16.8. The second-order valence-corrected chi connectivity index (χ2v) is 8.81. The van der Waals surface area contributed by atoms with Crippen molar-refractivity contribution in [3.05, 3.63) is 34.9 Å². The molecule has 2 heterocycles. The van der Waals surface area contributed by atoms with Crippen molar-refractivity contribution in [3.63, 3.8) is 0 Å². The molecule has 4 nitrogen and oxygen atoms in total. The molecule has 0 spiro atoms. The number of ether oxygens (including phenoxy) is 1. The first-order valence-corrected chi connectivity index (χ1v) is 10.6. The summed E-state index contributed by atoms with van der Waals surface area (Å²) in [7, 11) is 0. The second kappa shape index (κ2) is 8.26. The maximum Gasteiger partial charge on any atom is 0.416 e. The number of amides is 1. The lowest BCUT2D eigenvalue weighted by molar-refractivity contribution is -0.137. The first-order valence-electron chi connectivity index (χ1n) is 10.6. The molecule has 0 radical (unpaired) electrons. The monoisotopic (exact) mass is 410 g/mol. The maximum atomic E-state index is 13.1. The van der Waals surface area contributed by atoms with Crippen LogP contribution in [0.3, 0.4) is 0 Å². The molecule has 1 N–H and O–H groups in total. The zero-order chi connectivity index (χ0) is 20.6. The Balaban J connectivity index is 1.36. The lowest BCUT2D eigenvalue weighted by Gasteiger charge is -2.33. The van der Waals surface area contributed by atoms with Crippen molar-refractivity contribution >= 4 is 5.91 Å². The fourth-order valence-corrected chi connectivity index (χ4v) is 4.97. The number of fused-ring (bicyclic) bond motifs is 1. The van der Waals surface area contributed by atoms with Crippen LogP contribution in [0.5, 0.6) is 0 Å². The topological polar surface area (TPSA) is 41.6 Å². The lowest BCUT2D eigenvalue weighted by atomic mass is 9.95. The SMILES string of the molecule is CC1COCCC1NC1CCC(C(=O)N2CCc3ccc(C(F)(F)F)cc3C2)C1. The smallest absolute Gasteiger partial charge is 0.381 e. The number of carbonyl (C=O) groups is 1. The highest BCUT2D eigenvalue weighted by Crippen LogP contribution is 2.34. The molecule has 1 aromatic carbocycles. The molecule has 1 aliphatic carbocycles. The van der Waals surface area contributed by atoms with E-state index in [1.54, 1.807) is 11.0 Å². The van der Waals surface area contributed by atoms with Crippen molar-refractivity contribution in [3.8, 4) is 0 Å². The summed E-state index contributed by atoms with van der Waals surface area (Å²) >= 11 is 0. The molecule has 1 aromatic rings. The molecule has 0 aromatic heterocycles. The van der Waals surface area contributed by atoms with E-state index in [1.165, 1.54) is 6.07 Å². The van der Waals surface area contributed by atoms with Gasteiger partial charge in [-0.05, 0) is 61.3 Å². The lowest BCUT2D eigenvalue weighted by Crippen LogP contribution is -2.46. The molecule has 160 valence electrons. The second-order valence-electron chi connectivity index (χ2n) is 8.81. The van der Waals surface area contributed by atoms with E-state index in [9.17, 15) is 18.0 Å². The number of nitrogens with zero attached hydrogens (tertiary/aromatic N) is 1. The number of nitrogens with one attached hydrogen (secondary N) is 1. The summed E-state index contributed by atoms with van der Waals surface area (Å²) in [5.74, 6) is 0.535. The summed E-state index contributed by atoms with van der Waals surface area (Å²) in [6, 6.07) is 4.68. The van der Waals surface area contributed by atoms with Gasteiger partial charge >= 0.3 is 6.18 Å². The molecule has 7 heteroatoms. The number of halogens is 3. The summed E-state index contributed by atoms with van der Waals surface area (Å²) in [6.45, 7) is 4.62. The van der Waals surface area contributed by atoms with Gasteiger partial charge in [0.15, 0.2) is 0 Å². The van der Waals surface area contributed by atoms with Crippen molar-refractivity contribution in [1.82, 2.24) is 10.2 Å². The normalized spacial score (nSPS) is 30.3. The number of hydrogen-bond donors (Lipinski definition) is 1. The number of benzene rings is 1. The van der Waals surface area contributed by atoms with Crippen LogP contribution in [0.1, 0.15) is 49.3 Å². The van der Waals surface area contributed by atoms with Gasteiger partial charge in [0.05, 0.1) is 12.2 Å². The summed E-state index contributed by atoms with van der Waals surface area (Å²) in [6.07, 6.45) is -0.0983. The minimum Gasteiger partial charge on any atom is -0.381 e. The Morgan fingerprint density at radius 3 is 2.79 bits per heavy atom. The quantitative estimate of drug-likeness (QED) is 0.825. The average molecular weight is 410 g/mol. The Bertz CT molecular complexity index is 752. The van der Waals surface area contributed by atoms with Crippen LogP contribution in [0, 0.1) is 11.8 Å². The van der Waals surface area contributed by atoms with Crippen LogP contribution in [0.25, 0.3) is 0 Å². The predicted octanol–water partition coefficient (Wildman–Crippen LogP) is 3.77. The van der Waals surface area contributed by atoms with E-state index in [0.29, 0.717) is 36.5 Å². The zero-order valence-electron chi connectivity index (χ0n) is 16.8. The molecular formula is C22H29F3N2O2. The van der Waals surface area contributed by atoms with Crippen molar-refractivity contribution < 1.29 is 22.7 Å². The molecule has 4 rings (SSSR count). The van der Waals surface area contributed by atoms with E-state index in [0.717, 1.165) is 50.5 Å². The van der Waals surface area contributed by atoms with Gasteiger partial charge < -0.3 is 15.0 Å². The Labute approximate surface area is 169 Å². The van der Waals surface area contributed by atoms with Gasteiger partial charge in [0.2, 0.25) is 5.91 Å². The van der Waals surface area contributed by atoms with Crippen molar-refractivity contribution in [2.75, 3.05) is 19.8 Å². The highest BCUT2D eigenvalue weighted by atomic mass is 19.4. The number of rotatable bonds is 3. The standard InChI is InChI=1S/C22H29F3N2O2/c1-14-13-29-9-7-20(14)26-19-5-3-16(11-19)21(28)27-8-6-15-2-4-18(22(23,24)25)10-17(15)12-27/h2,4,10,14,16,19-20,26H,3,5-9,11-13H2,1H3. The predicted molar refractivity (Wildman–Crippen MR) is 103 cm³/mol. The molecule has 1 saturated heterocycles. The van der Waals surface area contributed by atoms with E-state index >= 15 is 0 Å². The number of alkyl halides is 3. The fourth-order valence-electron chi connectivity index (χ4n) is 4.97. The van der Waals surface area contributed by atoms with E-state index in [-0.39, 0.29) is 18.4 Å². The van der Waals surface area contributed by atoms with Gasteiger partial charge in [-0.1, -0.05) is 13.0 Å². The van der Waals surface area contributed by atoms with Crippen molar-refractivity contribution in [1.29, 1.82) is 0 Å². The van der Waals surface area contributed by atoms with Crippen LogP contribution in [-0.4, -0.2) is 42.6 Å². The summed E-state index contributed by atoms with van der Waals surface area (Å²) in [4.78, 5) is 14.8. The summed E-state index contributed by atoms with van der Waals surface area (Å²) in [5, 5.41) is 3.72. The van der Waals surface area contributed by atoms with Crippen LogP contribution < -0.4 is 5.32 Å². The molecular weight excluding hydrogens is 381 g/mol. The highest BCUT2D eigenvalue weighted by molar-refractivity contribution is 5.79. The Kier molecular flexibility index (Phi) is 5.89. The molecule has 29 heavy (non-hydrogen) atoms. The first kappa shape index (κ1) is 20.7. The maximum absolute atomic E-state index is 13.1. The summed E-state index contributed by atoms with van der Waals surface area (Å²) < 4.78 is 44.6. The van der Waals surface area contributed by atoms with Gasteiger partial charge in [0, 0.05) is 37.7 Å². The van der Waals surface area contributed by atoms with Gasteiger partial charge in [-0.15, -0.1) is 0 Å². The first-order chi connectivity index (χ1) is 13.8. The Morgan fingerprint density at radius 1 is 1.21 bits per heavy atom. The molecule has 3 aliphatic rings. The minimum absolute atomic E-state index is 0.0324. The highest BCUT2D eigenvalue weighted by Gasteiger charge is 2.36. The molecule has 4 atom stereocenters. The molecule has 4 unspecified atom stereocenters. The molecule has 2 fully saturated rings. The van der Waals surface area contributed by atoms with Crippen molar-refractivity contribution in [2.24, 2.45) is 11.8 Å². The third kappa shape index (κ3) is 4.61. The molecule has 1 amide bonds. The number of carbonyl (C=O) groups excluding carboxylic acids is 1. The van der Waals surface area contributed by atoms with E-state index in [2.05, 4.69) is 12.2 Å². The van der Waals surface area contributed by atoms with Gasteiger partial charge in [-0.3, -0.25) is 4.79 Å². The van der Waals surface area contributed by atoms with Crippen LogP contribution in [0.4, 0.5) is 13.2 Å². The fraction of sp³-hybridized carbons (Fsp3) is 0.682. The largest absolute Gasteiger partial charge is 0.416 e. The van der Waals surface area contributed by atoms with E-state index in [4.69, 9.17) is 4.74 Å². The Morgan fingerprint density at radius 2 is 2.03 bits per heavy atom. The minimum atomic E-state index is -4.35.